The molecule has 186 valence electrons. The molecular formula is C28H19Cl3N2O4. The monoisotopic (exact) mass is 552 g/mol. The van der Waals surface area contributed by atoms with E-state index < -0.39 is 5.97 Å². The Hall–Kier alpha value is -3.50. The molecule has 0 aliphatic heterocycles. The molecule has 4 aromatic rings. The molecule has 0 atom stereocenters. The van der Waals surface area contributed by atoms with Crippen molar-refractivity contribution >= 4 is 40.8 Å². The smallest absolute Gasteiger partial charge is 0.340 e. The van der Waals surface area contributed by atoms with Crippen LogP contribution >= 0.6 is 34.8 Å². The van der Waals surface area contributed by atoms with E-state index in [2.05, 4.69) is 22.0 Å². The van der Waals surface area contributed by atoms with Crippen LogP contribution in [0.3, 0.4) is 0 Å². The zero-order chi connectivity index (χ0) is 25.9. The van der Waals surface area contributed by atoms with Crippen LogP contribution in [-0.4, -0.2) is 23.2 Å². The summed E-state index contributed by atoms with van der Waals surface area (Å²) in [5, 5.41) is 5.65. The van der Waals surface area contributed by atoms with Gasteiger partial charge in [-0.15, -0.1) is 0 Å². The van der Waals surface area contributed by atoms with E-state index in [-0.39, 0.29) is 12.2 Å². The van der Waals surface area contributed by atoms with E-state index in [0.717, 1.165) is 24.2 Å². The SMILES string of the molecule is COC(=O)c1cccnc1C#Cc1ccc(OCc2c(-c3c(Cl)cccc3Cl)noc2C2CC2)cc1Cl. The first-order valence-electron chi connectivity index (χ1n) is 11.4. The molecule has 0 bridgehead atoms. The Balaban J connectivity index is 1.38. The lowest BCUT2D eigenvalue weighted by Crippen LogP contribution is -2.05. The lowest BCUT2D eigenvalue weighted by molar-refractivity contribution is 0.0600. The summed E-state index contributed by atoms with van der Waals surface area (Å²) < 4.78 is 16.6. The third-order valence-electron chi connectivity index (χ3n) is 5.82. The number of aromatic nitrogens is 2. The van der Waals surface area contributed by atoms with E-state index in [0.29, 0.717) is 49.3 Å². The van der Waals surface area contributed by atoms with Gasteiger partial charge in [0.2, 0.25) is 0 Å². The number of nitrogens with zero attached hydrogens (tertiary/aromatic N) is 2. The van der Waals surface area contributed by atoms with Gasteiger partial charge in [-0.1, -0.05) is 51.9 Å². The quantitative estimate of drug-likeness (QED) is 0.184. The predicted molar refractivity (Wildman–Crippen MR) is 141 cm³/mol. The fourth-order valence-electron chi connectivity index (χ4n) is 3.80. The van der Waals surface area contributed by atoms with Gasteiger partial charge in [0.1, 0.15) is 29.5 Å². The highest BCUT2D eigenvalue weighted by Gasteiger charge is 2.33. The van der Waals surface area contributed by atoms with Gasteiger partial charge < -0.3 is 14.0 Å². The maximum absolute atomic E-state index is 11.9. The Kier molecular flexibility index (Phi) is 7.38. The molecule has 0 spiro atoms. The number of esters is 1. The second-order valence-electron chi connectivity index (χ2n) is 8.32. The summed E-state index contributed by atoms with van der Waals surface area (Å²) in [5.41, 5.74) is 3.14. The molecule has 1 saturated carbocycles. The van der Waals surface area contributed by atoms with Crippen LogP contribution in [0.25, 0.3) is 11.3 Å². The minimum atomic E-state index is -0.510. The van der Waals surface area contributed by atoms with Crippen LogP contribution in [-0.2, 0) is 11.3 Å². The van der Waals surface area contributed by atoms with Crippen molar-refractivity contribution in [2.24, 2.45) is 0 Å². The first kappa shape index (κ1) is 25.2. The van der Waals surface area contributed by atoms with Crippen LogP contribution in [0.1, 0.15) is 51.7 Å². The molecule has 1 fully saturated rings. The highest BCUT2D eigenvalue weighted by molar-refractivity contribution is 6.39. The van der Waals surface area contributed by atoms with Crippen molar-refractivity contribution in [3.8, 4) is 28.8 Å². The topological polar surface area (TPSA) is 74.5 Å². The molecule has 1 aliphatic carbocycles. The summed E-state index contributed by atoms with van der Waals surface area (Å²) in [4.78, 5) is 16.1. The van der Waals surface area contributed by atoms with Gasteiger partial charge in [-0.2, -0.15) is 0 Å². The van der Waals surface area contributed by atoms with Gasteiger partial charge in [0, 0.05) is 29.3 Å². The Morgan fingerprint density at radius 1 is 1.05 bits per heavy atom. The van der Waals surface area contributed by atoms with E-state index in [1.807, 2.05) is 0 Å². The second-order valence-corrected chi connectivity index (χ2v) is 9.54. The normalized spacial score (nSPS) is 12.5. The highest BCUT2D eigenvalue weighted by atomic mass is 35.5. The number of carbonyl (C=O) groups is 1. The van der Waals surface area contributed by atoms with E-state index >= 15 is 0 Å². The molecule has 9 heteroatoms. The van der Waals surface area contributed by atoms with Crippen molar-refractivity contribution in [2.75, 3.05) is 7.11 Å². The molecule has 0 N–H and O–H groups in total. The van der Waals surface area contributed by atoms with Gasteiger partial charge in [-0.05, 0) is 55.2 Å². The Bertz CT molecular complexity index is 1530. The maximum atomic E-state index is 11.9. The van der Waals surface area contributed by atoms with Gasteiger partial charge in [0.05, 0.1) is 33.3 Å². The number of halogens is 3. The largest absolute Gasteiger partial charge is 0.489 e. The average Bonchev–Trinajstić information content (AvgIpc) is 3.66. The van der Waals surface area contributed by atoms with Crippen LogP contribution < -0.4 is 4.74 Å². The average molecular weight is 554 g/mol. The van der Waals surface area contributed by atoms with Gasteiger partial charge in [0.15, 0.2) is 0 Å². The first-order chi connectivity index (χ1) is 18.0. The number of ether oxygens (including phenoxy) is 2. The molecule has 0 radical (unpaired) electrons. The van der Waals surface area contributed by atoms with Crippen molar-refractivity contribution in [1.29, 1.82) is 0 Å². The Morgan fingerprint density at radius 2 is 1.84 bits per heavy atom. The van der Waals surface area contributed by atoms with Gasteiger partial charge >= 0.3 is 5.97 Å². The standard InChI is InChI=1S/C28H19Cl3N2O4/c1-35-28(34)19-4-3-13-32-24(19)12-10-16-9-11-18(14-23(16)31)36-15-20-26(33-37-27(20)17-7-8-17)25-21(29)5-2-6-22(25)30/h2-6,9,11,13-14,17H,7-8,15H2,1H3. The third kappa shape index (κ3) is 5.45. The molecule has 5 rings (SSSR count). The minimum absolute atomic E-state index is 0.198. The third-order valence-corrected chi connectivity index (χ3v) is 6.76. The second kappa shape index (κ2) is 10.9. The summed E-state index contributed by atoms with van der Waals surface area (Å²) in [6, 6.07) is 13.7. The molecule has 2 aromatic carbocycles. The van der Waals surface area contributed by atoms with Gasteiger partial charge in [0.25, 0.3) is 0 Å². The number of hydrogen-bond acceptors (Lipinski definition) is 6. The van der Waals surface area contributed by atoms with Crippen molar-refractivity contribution in [3.05, 3.63) is 97.9 Å². The lowest BCUT2D eigenvalue weighted by atomic mass is 10.0. The van der Waals surface area contributed by atoms with E-state index in [9.17, 15) is 4.79 Å². The summed E-state index contributed by atoms with van der Waals surface area (Å²) in [6.07, 6.45) is 3.62. The number of carbonyl (C=O) groups excluding carboxylic acids is 1. The predicted octanol–water partition coefficient (Wildman–Crippen LogP) is 7.34. The van der Waals surface area contributed by atoms with Gasteiger partial charge in [-0.25, -0.2) is 9.78 Å². The highest BCUT2D eigenvalue weighted by Crippen LogP contribution is 2.46. The van der Waals surface area contributed by atoms with E-state index in [4.69, 9.17) is 48.8 Å². The van der Waals surface area contributed by atoms with E-state index in [1.165, 1.54) is 7.11 Å². The zero-order valence-corrected chi connectivity index (χ0v) is 21.8. The number of benzene rings is 2. The molecule has 37 heavy (non-hydrogen) atoms. The molecule has 6 nitrogen and oxygen atoms in total. The van der Waals surface area contributed by atoms with E-state index in [1.54, 1.807) is 54.7 Å². The number of methoxy groups -OCH3 is 1. The fourth-order valence-corrected chi connectivity index (χ4v) is 4.59. The molecule has 0 amide bonds. The fraction of sp³-hybridized carbons (Fsp3) is 0.179. The summed E-state index contributed by atoms with van der Waals surface area (Å²) in [5.74, 6) is 6.98. The summed E-state index contributed by atoms with van der Waals surface area (Å²) in [7, 11) is 1.31. The van der Waals surface area contributed by atoms with Crippen LogP contribution in [0.15, 0.2) is 59.3 Å². The molecule has 2 aromatic heterocycles. The molecule has 2 heterocycles. The Labute approximate surface area is 228 Å². The zero-order valence-electron chi connectivity index (χ0n) is 19.6. The van der Waals surface area contributed by atoms with Crippen molar-refractivity contribution in [1.82, 2.24) is 10.1 Å². The number of rotatable bonds is 6. The lowest BCUT2D eigenvalue weighted by Gasteiger charge is -2.10. The molecule has 1 aliphatic rings. The van der Waals surface area contributed by atoms with Crippen molar-refractivity contribution in [2.45, 2.75) is 25.4 Å². The number of pyridine rings is 1. The van der Waals surface area contributed by atoms with Gasteiger partial charge in [-0.3, -0.25) is 0 Å². The van der Waals surface area contributed by atoms with Crippen LogP contribution in [0.4, 0.5) is 0 Å². The van der Waals surface area contributed by atoms with Crippen molar-refractivity contribution in [3.63, 3.8) is 0 Å². The maximum Gasteiger partial charge on any atom is 0.340 e. The van der Waals surface area contributed by atoms with Crippen LogP contribution in [0.2, 0.25) is 15.1 Å². The summed E-state index contributed by atoms with van der Waals surface area (Å²) in [6.45, 7) is 0.198. The molecular weight excluding hydrogens is 535 g/mol. The first-order valence-corrected chi connectivity index (χ1v) is 12.5. The minimum Gasteiger partial charge on any atom is -0.489 e. The Morgan fingerprint density at radius 3 is 2.54 bits per heavy atom. The molecule has 0 unspecified atom stereocenters. The summed E-state index contributed by atoms with van der Waals surface area (Å²) >= 11 is 19.4. The van der Waals surface area contributed by atoms with Crippen molar-refractivity contribution < 1.29 is 18.8 Å². The van der Waals surface area contributed by atoms with Crippen LogP contribution in [0.5, 0.6) is 5.75 Å². The number of hydrogen-bond donors (Lipinski definition) is 0. The molecule has 0 saturated heterocycles. The van der Waals surface area contributed by atoms with Crippen LogP contribution in [0, 0.1) is 11.8 Å².